The molecule has 0 saturated heterocycles. The van der Waals surface area contributed by atoms with Crippen molar-refractivity contribution in [1.29, 1.82) is 0 Å². The lowest BCUT2D eigenvalue weighted by atomic mass is 10.0. The molecule has 0 spiro atoms. The summed E-state index contributed by atoms with van der Waals surface area (Å²) in [7, 11) is 0. The van der Waals surface area contributed by atoms with Gasteiger partial charge in [0.05, 0.1) is 6.61 Å². The van der Waals surface area contributed by atoms with E-state index in [1.54, 1.807) is 12.1 Å². The van der Waals surface area contributed by atoms with Gasteiger partial charge in [-0.2, -0.15) is 0 Å². The van der Waals surface area contributed by atoms with Crippen LogP contribution >= 0.6 is 0 Å². The topological polar surface area (TPSA) is 29.5 Å². The Balaban J connectivity index is 2.50. The quantitative estimate of drug-likeness (QED) is 0.612. The van der Waals surface area contributed by atoms with Crippen LogP contribution in [0.2, 0.25) is 0 Å². The highest BCUT2D eigenvalue weighted by molar-refractivity contribution is 5.44. The molecule has 2 rings (SSSR count). The largest absolute Gasteiger partial charge is 0.508 e. The predicted octanol–water partition coefficient (Wildman–Crippen LogP) is 1.89. The van der Waals surface area contributed by atoms with Crippen molar-refractivity contribution in [2.45, 2.75) is 12.8 Å². The standard InChI is InChI=1S/C9H10O2/c1-6-5-11-9-4-7(10)2-3-8(6)9/h2-4,6,10H,5H2,1H3/t6-/m1/s1. The van der Waals surface area contributed by atoms with E-state index in [4.69, 9.17) is 9.84 Å². The number of hydrogen-bond acceptors (Lipinski definition) is 2. The molecule has 0 fully saturated rings. The van der Waals surface area contributed by atoms with Gasteiger partial charge in [-0.3, -0.25) is 0 Å². The van der Waals surface area contributed by atoms with E-state index in [1.165, 1.54) is 5.56 Å². The SMILES string of the molecule is C[C@@H]1COc2cc(O)ccc21. The Kier molecular flexibility index (Phi) is 1.28. The first-order chi connectivity index (χ1) is 5.27. The number of benzene rings is 1. The summed E-state index contributed by atoms with van der Waals surface area (Å²) in [6, 6.07) is 5.28. The molecule has 2 heteroatoms. The lowest BCUT2D eigenvalue weighted by Crippen LogP contribution is -1.93. The van der Waals surface area contributed by atoms with E-state index >= 15 is 0 Å². The second-order valence-corrected chi connectivity index (χ2v) is 2.93. The molecule has 1 atom stereocenters. The number of aromatic hydroxyl groups is 1. The summed E-state index contributed by atoms with van der Waals surface area (Å²) in [5, 5.41) is 9.10. The van der Waals surface area contributed by atoms with Crippen molar-refractivity contribution < 1.29 is 9.84 Å². The molecule has 1 heterocycles. The number of fused-ring (bicyclic) bond motifs is 1. The molecular weight excluding hydrogens is 140 g/mol. The van der Waals surface area contributed by atoms with Crippen LogP contribution in [0.1, 0.15) is 18.4 Å². The van der Waals surface area contributed by atoms with Gasteiger partial charge >= 0.3 is 0 Å². The number of hydrogen-bond donors (Lipinski definition) is 1. The Morgan fingerprint density at radius 1 is 1.55 bits per heavy atom. The van der Waals surface area contributed by atoms with Crippen LogP contribution in [-0.4, -0.2) is 11.7 Å². The Labute approximate surface area is 65.4 Å². The molecule has 1 aromatic rings. The summed E-state index contributed by atoms with van der Waals surface area (Å²) in [5.41, 5.74) is 1.20. The molecule has 0 aliphatic carbocycles. The van der Waals surface area contributed by atoms with Crippen LogP contribution in [0.5, 0.6) is 11.5 Å². The van der Waals surface area contributed by atoms with E-state index in [9.17, 15) is 0 Å². The van der Waals surface area contributed by atoms with Crippen molar-refractivity contribution in [1.82, 2.24) is 0 Å². The van der Waals surface area contributed by atoms with Crippen LogP contribution in [0.4, 0.5) is 0 Å². The first-order valence-electron chi connectivity index (χ1n) is 3.73. The van der Waals surface area contributed by atoms with Gasteiger partial charge in [-0.15, -0.1) is 0 Å². The van der Waals surface area contributed by atoms with Crippen molar-refractivity contribution in [2.24, 2.45) is 0 Å². The lowest BCUT2D eigenvalue weighted by Gasteiger charge is -1.99. The third-order valence-electron chi connectivity index (χ3n) is 2.02. The average molecular weight is 150 g/mol. The molecule has 11 heavy (non-hydrogen) atoms. The van der Waals surface area contributed by atoms with Gasteiger partial charge in [0, 0.05) is 17.5 Å². The zero-order valence-corrected chi connectivity index (χ0v) is 6.37. The highest BCUT2D eigenvalue weighted by atomic mass is 16.5. The van der Waals surface area contributed by atoms with Crippen LogP contribution in [0.25, 0.3) is 0 Å². The molecule has 0 unspecified atom stereocenters. The predicted molar refractivity (Wildman–Crippen MR) is 42.0 cm³/mol. The third kappa shape index (κ3) is 0.946. The van der Waals surface area contributed by atoms with Gasteiger partial charge in [-0.1, -0.05) is 13.0 Å². The summed E-state index contributed by atoms with van der Waals surface area (Å²) < 4.78 is 5.33. The van der Waals surface area contributed by atoms with Gasteiger partial charge < -0.3 is 9.84 Å². The molecule has 1 aliphatic rings. The molecule has 58 valence electrons. The number of phenolic OH excluding ortho intramolecular Hbond substituents is 1. The van der Waals surface area contributed by atoms with Gasteiger partial charge in [0.1, 0.15) is 11.5 Å². The zero-order chi connectivity index (χ0) is 7.84. The van der Waals surface area contributed by atoms with Gasteiger partial charge in [-0.05, 0) is 6.07 Å². The van der Waals surface area contributed by atoms with Crippen LogP contribution in [0.3, 0.4) is 0 Å². The normalized spacial score (nSPS) is 21.0. The Bertz CT molecular complexity index is 281. The fourth-order valence-electron chi connectivity index (χ4n) is 1.36. The van der Waals surface area contributed by atoms with E-state index in [0.29, 0.717) is 5.92 Å². The van der Waals surface area contributed by atoms with Crippen molar-refractivity contribution in [3.63, 3.8) is 0 Å². The van der Waals surface area contributed by atoms with Gasteiger partial charge in [0.25, 0.3) is 0 Å². The van der Waals surface area contributed by atoms with Crippen LogP contribution in [-0.2, 0) is 0 Å². The zero-order valence-electron chi connectivity index (χ0n) is 6.37. The Morgan fingerprint density at radius 3 is 3.18 bits per heavy atom. The van der Waals surface area contributed by atoms with Gasteiger partial charge in [0.2, 0.25) is 0 Å². The summed E-state index contributed by atoms with van der Waals surface area (Å²) in [6.07, 6.45) is 0. The van der Waals surface area contributed by atoms with E-state index in [0.717, 1.165) is 12.4 Å². The van der Waals surface area contributed by atoms with E-state index in [2.05, 4.69) is 6.92 Å². The maximum Gasteiger partial charge on any atom is 0.126 e. The summed E-state index contributed by atoms with van der Waals surface area (Å²) in [4.78, 5) is 0. The lowest BCUT2D eigenvalue weighted by molar-refractivity contribution is 0.336. The molecule has 1 N–H and O–H groups in total. The minimum absolute atomic E-state index is 0.276. The van der Waals surface area contributed by atoms with Gasteiger partial charge in [-0.25, -0.2) is 0 Å². The summed E-state index contributed by atoms with van der Waals surface area (Å²) in [5.74, 6) is 1.57. The molecule has 0 radical (unpaired) electrons. The minimum Gasteiger partial charge on any atom is -0.508 e. The summed E-state index contributed by atoms with van der Waals surface area (Å²) in [6.45, 7) is 2.85. The molecule has 2 nitrogen and oxygen atoms in total. The molecule has 0 amide bonds. The molecule has 0 aromatic heterocycles. The van der Waals surface area contributed by atoms with E-state index in [1.807, 2.05) is 6.07 Å². The maximum atomic E-state index is 9.10. The third-order valence-corrected chi connectivity index (χ3v) is 2.02. The fourth-order valence-corrected chi connectivity index (χ4v) is 1.36. The van der Waals surface area contributed by atoms with Crippen molar-refractivity contribution in [3.05, 3.63) is 23.8 Å². The maximum absolute atomic E-state index is 9.10. The van der Waals surface area contributed by atoms with Crippen LogP contribution in [0.15, 0.2) is 18.2 Å². The first kappa shape index (κ1) is 6.53. The van der Waals surface area contributed by atoms with Crippen molar-refractivity contribution >= 4 is 0 Å². The van der Waals surface area contributed by atoms with Crippen LogP contribution in [0, 0.1) is 0 Å². The molecule has 1 aliphatic heterocycles. The average Bonchev–Trinajstić information content (AvgIpc) is 2.32. The monoisotopic (exact) mass is 150 g/mol. The highest BCUT2D eigenvalue weighted by Crippen LogP contribution is 2.35. The molecular formula is C9H10O2. The second kappa shape index (κ2) is 2.16. The Hall–Kier alpha value is -1.18. The smallest absolute Gasteiger partial charge is 0.126 e. The number of rotatable bonds is 0. The van der Waals surface area contributed by atoms with Crippen molar-refractivity contribution in [3.8, 4) is 11.5 Å². The summed E-state index contributed by atoms with van der Waals surface area (Å²) >= 11 is 0. The number of phenols is 1. The minimum atomic E-state index is 0.276. The molecule has 0 bridgehead atoms. The number of ether oxygens (including phenoxy) is 1. The van der Waals surface area contributed by atoms with Gasteiger partial charge in [0.15, 0.2) is 0 Å². The van der Waals surface area contributed by atoms with Crippen molar-refractivity contribution in [2.75, 3.05) is 6.61 Å². The Morgan fingerprint density at radius 2 is 2.36 bits per heavy atom. The highest BCUT2D eigenvalue weighted by Gasteiger charge is 2.19. The first-order valence-corrected chi connectivity index (χ1v) is 3.73. The second-order valence-electron chi connectivity index (χ2n) is 2.93. The molecule has 1 aromatic carbocycles. The van der Waals surface area contributed by atoms with E-state index in [-0.39, 0.29) is 5.75 Å². The van der Waals surface area contributed by atoms with E-state index < -0.39 is 0 Å². The van der Waals surface area contributed by atoms with Crippen LogP contribution < -0.4 is 4.74 Å². The molecule has 0 saturated carbocycles. The fraction of sp³-hybridized carbons (Fsp3) is 0.333.